The SMILES string of the molecule is CNC(=O)C1(C)CN(CC2(O)CCN(c3ccccc3C)CC2)CCO1. The van der Waals surface area contributed by atoms with Gasteiger partial charge in [0.2, 0.25) is 0 Å². The smallest absolute Gasteiger partial charge is 0.253 e. The fourth-order valence-corrected chi connectivity index (χ4v) is 4.14. The molecule has 0 bridgehead atoms. The minimum absolute atomic E-state index is 0.108. The van der Waals surface area contributed by atoms with Crippen LogP contribution in [-0.2, 0) is 9.53 Å². The number of β-amino-alcohol motifs (C(OH)–C–C–N with tert-alkyl or cyclic N) is 1. The standard InChI is InChI=1S/C20H31N3O3/c1-16-6-4-5-7-17(16)23-10-8-20(25,9-11-23)15-22-12-13-26-19(2,14-22)18(24)21-3/h4-7,25H,8-15H2,1-3H3,(H,21,24). The number of morpholine rings is 1. The molecule has 144 valence electrons. The number of nitrogens with one attached hydrogen (secondary N) is 1. The molecule has 6 nitrogen and oxygen atoms in total. The molecule has 1 unspecified atom stereocenters. The van der Waals surface area contributed by atoms with Gasteiger partial charge in [-0.25, -0.2) is 0 Å². The summed E-state index contributed by atoms with van der Waals surface area (Å²) >= 11 is 0. The summed E-state index contributed by atoms with van der Waals surface area (Å²) in [6.07, 6.45) is 1.46. The van der Waals surface area contributed by atoms with E-state index in [4.69, 9.17) is 4.74 Å². The summed E-state index contributed by atoms with van der Waals surface area (Å²) < 4.78 is 5.71. The highest BCUT2D eigenvalue weighted by Crippen LogP contribution is 2.30. The number of anilines is 1. The molecule has 0 aliphatic carbocycles. The molecule has 0 saturated carbocycles. The van der Waals surface area contributed by atoms with Gasteiger partial charge in [-0.15, -0.1) is 0 Å². The van der Waals surface area contributed by atoms with Crippen molar-refractivity contribution in [3.8, 4) is 0 Å². The van der Waals surface area contributed by atoms with Crippen LogP contribution in [0.3, 0.4) is 0 Å². The largest absolute Gasteiger partial charge is 0.388 e. The van der Waals surface area contributed by atoms with Crippen LogP contribution in [0.25, 0.3) is 0 Å². The number of carbonyl (C=O) groups is 1. The lowest BCUT2D eigenvalue weighted by molar-refractivity contribution is -0.159. The van der Waals surface area contributed by atoms with E-state index in [2.05, 4.69) is 46.3 Å². The number of ether oxygens (including phenoxy) is 1. The second-order valence-corrected chi connectivity index (χ2v) is 7.87. The van der Waals surface area contributed by atoms with Crippen molar-refractivity contribution in [2.75, 3.05) is 51.3 Å². The number of aliphatic hydroxyl groups is 1. The molecule has 2 aliphatic rings. The normalized spacial score (nSPS) is 26.5. The second-order valence-electron chi connectivity index (χ2n) is 7.87. The minimum atomic E-state index is -0.842. The van der Waals surface area contributed by atoms with Gasteiger partial charge in [-0.3, -0.25) is 9.69 Å². The first kappa shape index (κ1) is 19.1. The number of likely N-dealkylation sites (N-methyl/N-ethyl adjacent to an activating group) is 1. The Balaban J connectivity index is 1.59. The summed E-state index contributed by atoms with van der Waals surface area (Å²) in [4.78, 5) is 16.6. The summed E-state index contributed by atoms with van der Waals surface area (Å²) in [5.74, 6) is -0.108. The third-order valence-electron chi connectivity index (χ3n) is 5.73. The number of aryl methyl sites for hydroxylation is 1. The molecule has 26 heavy (non-hydrogen) atoms. The van der Waals surface area contributed by atoms with E-state index in [9.17, 15) is 9.90 Å². The highest BCUT2D eigenvalue weighted by molar-refractivity contribution is 5.84. The van der Waals surface area contributed by atoms with Gasteiger partial charge < -0.3 is 20.1 Å². The van der Waals surface area contributed by atoms with Crippen molar-refractivity contribution in [1.82, 2.24) is 10.2 Å². The zero-order valence-electron chi connectivity index (χ0n) is 16.1. The molecule has 1 aromatic carbocycles. The summed E-state index contributed by atoms with van der Waals surface area (Å²) in [5, 5.41) is 13.8. The number of carbonyl (C=O) groups excluding carboxylic acids is 1. The van der Waals surface area contributed by atoms with Crippen LogP contribution >= 0.6 is 0 Å². The molecule has 0 spiro atoms. The molecule has 2 heterocycles. The lowest BCUT2D eigenvalue weighted by Gasteiger charge is -2.45. The highest BCUT2D eigenvalue weighted by atomic mass is 16.5. The Kier molecular flexibility index (Phi) is 5.55. The third-order valence-corrected chi connectivity index (χ3v) is 5.73. The van der Waals surface area contributed by atoms with Gasteiger partial charge in [0.15, 0.2) is 5.60 Å². The van der Waals surface area contributed by atoms with E-state index >= 15 is 0 Å². The maximum atomic E-state index is 12.1. The van der Waals surface area contributed by atoms with Gasteiger partial charge in [0, 0.05) is 45.5 Å². The van der Waals surface area contributed by atoms with Crippen molar-refractivity contribution in [2.24, 2.45) is 0 Å². The Morgan fingerprint density at radius 1 is 1.27 bits per heavy atom. The number of hydrogen-bond donors (Lipinski definition) is 2. The van der Waals surface area contributed by atoms with Crippen LogP contribution < -0.4 is 10.2 Å². The maximum absolute atomic E-state index is 12.1. The van der Waals surface area contributed by atoms with Crippen molar-refractivity contribution in [2.45, 2.75) is 37.9 Å². The molecule has 0 radical (unpaired) electrons. The van der Waals surface area contributed by atoms with E-state index < -0.39 is 11.2 Å². The third kappa shape index (κ3) is 4.03. The van der Waals surface area contributed by atoms with Crippen molar-refractivity contribution in [3.05, 3.63) is 29.8 Å². The summed E-state index contributed by atoms with van der Waals surface area (Å²) in [5.41, 5.74) is 0.978. The number of piperidine rings is 1. The predicted molar refractivity (Wildman–Crippen MR) is 102 cm³/mol. The average molecular weight is 361 g/mol. The van der Waals surface area contributed by atoms with Crippen LogP contribution in [0.5, 0.6) is 0 Å². The first-order valence-electron chi connectivity index (χ1n) is 9.47. The number of amides is 1. The number of para-hydroxylation sites is 1. The molecule has 2 saturated heterocycles. The molecule has 1 aromatic rings. The monoisotopic (exact) mass is 361 g/mol. The molecule has 2 aliphatic heterocycles. The van der Waals surface area contributed by atoms with Crippen LogP contribution in [0, 0.1) is 6.92 Å². The van der Waals surface area contributed by atoms with Crippen molar-refractivity contribution >= 4 is 11.6 Å². The quantitative estimate of drug-likeness (QED) is 0.843. The van der Waals surface area contributed by atoms with Gasteiger partial charge in [-0.1, -0.05) is 18.2 Å². The summed E-state index contributed by atoms with van der Waals surface area (Å²) in [6.45, 7) is 8.00. The molecular weight excluding hydrogens is 330 g/mol. The summed E-state index contributed by atoms with van der Waals surface area (Å²) in [6, 6.07) is 8.40. The van der Waals surface area contributed by atoms with Crippen molar-refractivity contribution in [1.29, 1.82) is 0 Å². The number of rotatable bonds is 4. The Morgan fingerprint density at radius 3 is 2.62 bits per heavy atom. The van der Waals surface area contributed by atoms with Gasteiger partial charge in [-0.2, -0.15) is 0 Å². The second kappa shape index (κ2) is 7.55. The molecule has 3 rings (SSSR count). The van der Waals surface area contributed by atoms with E-state index in [1.54, 1.807) is 7.05 Å². The van der Waals surface area contributed by atoms with E-state index in [0.717, 1.165) is 32.5 Å². The minimum Gasteiger partial charge on any atom is -0.388 e. The van der Waals surface area contributed by atoms with Crippen molar-refractivity contribution in [3.63, 3.8) is 0 Å². The predicted octanol–water partition coefficient (Wildman–Crippen LogP) is 1.16. The zero-order valence-corrected chi connectivity index (χ0v) is 16.1. The van der Waals surface area contributed by atoms with Crippen LogP contribution in [0.4, 0.5) is 5.69 Å². The number of hydrogen-bond acceptors (Lipinski definition) is 5. The van der Waals surface area contributed by atoms with Gasteiger partial charge in [0.1, 0.15) is 0 Å². The van der Waals surface area contributed by atoms with Crippen LogP contribution in [0.15, 0.2) is 24.3 Å². The van der Waals surface area contributed by atoms with Gasteiger partial charge in [0.05, 0.1) is 12.2 Å². The fraction of sp³-hybridized carbons (Fsp3) is 0.650. The first-order chi connectivity index (χ1) is 12.4. The Hall–Kier alpha value is -1.63. The van der Waals surface area contributed by atoms with Crippen LogP contribution in [0.2, 0.25) is 0 Å². The van der Waals surface area contributed by atoms with E-state index in [-0.39, 0.29) is 5.91 Å². The van der Waals surface area contributed by atoms with Crippen LogP contribution in [-0.4, -0.2) is 73.5 Å². The van der Waals surface area contributed by atoms with Crippen LogP contribution in [0.1, 0.15) is 25.3 Å². The van der Waals surface area contributed by atoms with Gasteiger partial charge >= 0.3 is 0 Å². The Morgan fingerprint density at radius 2 is 1.96 bits per heavy atom. The molecule has 6 heteroatoms. The van der Waals surface area contributed by atoms with E-state index in [0.29, 0.717) is 19.7 Å². The van der Waals surface area contributed by atoms with E-state index in [1.807, 2.05) is 6.92 Å². The summed E-state index contributed by atoms with van der Waals surface area (Å²) in [7, 11) is 1.63. The molecule has 1 atom stereocenters. The highest BCUT2D eigenvalue weighted by Gasteiger charge is 2.42. The molecule has 1 amide bonds. The molecule has 2 fully saturated rings. The topological polar surface area (TPSA) is 65.0 Å². The lowest BCUT2D eigenvalue weighted by atomic mass is 9.89. The Labute approximate surface area is 156 Å². The fourth-order valence-electron chi connectivity index (χ4n) is 4.14. The van der Waals surface area contributed by atoms with Gasteiger partial charge in [-0.05, 0) is 38.3 Å². The average Bonchev–Trinajstić information content (AvgIpc) is 2.62. The lowest BCUT2D eigenvalue weighted by Crippen LogP contribution is -2.61. The number of benzene rings is 1. The molecule has 0 aromatic heterocycles. The first-order valence-corrected chi connectivity index (χ1v) is 9.47. The Bertz CT molecular complexity index is 643. The zero-order chi connectivity index (χ0) is 18.8. The maximum Gasteiger partial charge on any atom is 0.253 e. The molecular formula is C20H31N3O3. The van der Waals surface area contributed by atoms with E-state index in [1.165, 1.54) is 11.3 Å². The van der Waals surface area contributed by atoms with Gasteiger partial charge in [0.25, 0.3) is 5.91 Å². The van der Waals surface area contributed by atoms with Crippen molar-refractivity contribution < 1.29 is 14.6 Å². The number of nitrogens with zero attached hydrogens (tertiary/aromatic N) is 2. The molecule has 2 N–H and O–H groups in total.